The lowest BCUT2D eigenvalue weighted by molar-refractivity contribution is -0.119. The van der Waals surface area contributed by atoms with E-state index in [1.54, 1.807) is 0 Å². The van der Waals surface area contributed by atoms with Crippen LogP contribution in [0.2, 0.25) is 0 Å². The second-order valence-corrected chi connectivity index (χ2v) is 5.07. The number of amides is 1. The highest BCUT2D eigenvalue weighted by atomic mass is 16.5. The summed E-state index contributed by atoms with van der Waals surface area (Å²) in [4.78, 5) is 10.8. The monoisotopic (exact) mass is 236 g/mol. The Labute approximate surface area is 102 Å². The van der Waals surface area contributed by atoms with Crippen LogP contribution in [0.1, 0.15) is 26.3 Å². The van der Waals surface area contributed by atoms with Crippen molar-refractivity contribution in [3.05, 3.63) is 29.8 Å². The van der Waals surface area contributed by atoms with Gasteiger partial charge in [0.1, 0.15) is 11.4 Å². The van der Waals surface area contributed by atoms with Gasteiger partial charge in [-0.05, 0) is 44.9 Å². The molecule has 0 saturated heterocycles. The van der Waals surface area contributed by atoms with E-state index in [1.165, 1.54) is 0 Å². The second-order valence-electron chi connectivity index (χ2n) is 5.07. The zero-order valence-corrected chi connectivity index (χ0v) is 10.6. The normalized spacial score (nSPS) is 13.2. The molecule has 0 heterocycles. The van der Waals surface area contributed by atoms with Gasteiger partial charge in [-0.1, -0.05) is 12.1 Å². The van der Waals surface area contributed by atoms with Gasteiger partial charge in [-0.25, -0.2) is 0 Å². The average Bonchev–Trinajstić information content (AvgIpc) is 2.18. The number of benzene rings is 1. The van der Waals surface area contributed by atoms with Crippen molar-refractivity contribution >= 4 is 5.91 Å². The number of carbonyl (C=O) groups is 1. The largest absolute Gasteiger partial charge is 0.488 e. The van der Waals surface area contributed by atoms with Crippen LogP contribution in [-0.2, 0) is 11.2 Å². The number of hydrogen-bond acceptors (Lipinski definition) is 3. The highest BCUT2D eigenvalue weighted by Gasteiger charge is 2.12. The highest BCUT2D eigenvalue weighted by molar-refractivity contribution is 5.79. The van der Waals surface area contributed by atoms with Crippen LogP contribution in [0.5, 0.6) is 5.75 Å². The fourth-order valence-corrected chi connectivity index (χ4v) is 1.40. The van der Waals surface area contributed by atoms with Crippen molar-refractivity contribution < 1.29 is 9.53 Å². The quantitative estimate of drug-likeness (QED) is 0.825. The van der Waals surface area contributed by atoms with Crippen LogP contribution in [-0.4, -0.2) is 17.6 Å². The molecule has 4 N–H and O–H groups in total. The molecule has 0 saturated carbocycles. The lowest BCUT2D eigenvalue weighted by Gasteiger charge is -2.21. The standard InChI is InChI=1S/C13H20N2O2/c1-13(2,3)17-10-6-4-9(5-7-10)8-11(14)12(15)16/h4-7,11H,8,14H2,1-3H3,(H2,15,16). The van der Waals surface area contributed by atoms with Gasteiger partial charge in [-0.2, -0.15) is 0 Å². The van der Waals surface area contributed by atoms with E-state index in [0.717, 1.165) is 11.3 Å². The summed E-state index contributed by atoms with van der Waals surface area (Å²) in [5.74, 6) is 0.314. The zero-order chi connectivity index (χ0) is 13.1. The minimum atomic E-state index is -0.635. The number of rotatable bonds is 4. The Morgan fingerprint density at radius 1 is 1.29 bits per heavy atom. The van der Waals surface area contributed by atoms with Crippen molar-refractivity contribution in [2.24, 2.45) is 11.5 Å². The molecule has 1 atom stereocenters. The highest BCUT2D eigenvalue weighted by Crippen LogP contribution is 2.18. The van der Waals surface area contributed by atoms with Gasteiger partial charge in [0, 0.05) is 0 Å². The van der Waals surface area contributed by atoms with E-state index < -0.39 is 11.9 Å². The topological polar surface area (TPSA) is 78.3 Å². The van der Waals surface area contributed by atoms with E-state index in [9.17, 15) is 4.79 Å². The van der Waals surface area contributed by atoms with Gasteiger partial charge in [-0.15, -0.1) is 0 Å². The predicted molar refractivity (Wildman–Crippen MR) is 67.7 cm³/mol. The SMILES string of the molecule is CC(C)(C)Oc1ccc(CC(N)C(N)=O)cc1. The minimum absolute atomic E-state index is 0.217. The Morgan fingerprint density at radius 2 is 1.82 bits per heavy atom. The van der Waals surface area contributed by atoms with Crippen molar-refractivity contribution in [2.45, 2.75) is 38.8 Å². The van der Waals surface area contributed by atoms with E-state index >= 15 is 0 Å². The van der Waals surface area contributed by atoms with Gasteiger partial charge in [0.15, 0.2) is 0 Å². The molecule has 0 fully saturated rings. The van der Waals surface area contributed by atoms with Crippen LogP contribution >= 0.6 is 0 Å². The third-order valence-corrected chi connectivity index (χ3v) is 2.17. The van der Waals surface area contributed by atoms with Crippen molar-refractivity contribution in [3.8, 4) is 5.75 Å². The van der Waals surface area contributed by atoms with Crippen LogP contribution in [0.4, 0.5) is 0 Å². The molecule has 4 heteroatoms. The van der Waals surface area contributed by atoms with Crippen molar-refractivity contribution in [2.75, 3.05) is 0 Å². The molecule has 0 spiro atoms. The van der Waals surface area contributed by atoms with Gasteiger partial charge < -0.3 is 16.2 Å². The predicted octanol–water partition coefficient (Wildman–Crippen LogP) is 1.22. The number of hydrogen-bond donors (Lipinski definition) is 2. The molecular weight excluding hydrogens is 216 g/mol. The summed E-state index contributed by atoms with van der Waals surface area (Å²) in [6.45, 7) is 5.97. The van der Waals surface area contributed by atoms with Gasteiger partial charge in [0.05, 0.1) is 6.04 Å². The van der Waals surface area contributed by atoms with Gasteiger partial charge in [0.25, 0.3) is 0 Å². The molecule has 94 valence electrons. The molecule has 1 aromatic carbocycles. The summed E-state index contributed by atoms with van der Waals surface area (Å²) in [7, 11) is 0. The Hall–Kier alpha value is -1.55. The van der Waals surface area contributed by atoms with Gasteiger partial charge >= 0.3 is 0 Å². The third kappa shape index (κ3) is 4.87. The molecule has 0 aliphatic carbocycles. The Bertz CT molecular complexity index is 379. The maximum Gasteiger partial charge on any atom is 0.234 e. The fourth-order valence-electron chi connectivity index (χ4n) is 1.40. The number of primary amides is 1. The molecule has 4 nitrogen and oxygen atoms in total. The molecule has 1 unspecified atom stereocenters. The maximum absolute atomic E-state index is 10.8. The molecule has 1 rings (SSSR count). The van der Waals surface area contributed by atoms with E-state index in [-0.39, 0.29) is 5.60 Å². The Morgan fingerprint density at radius 3 is 2.24 bits per heavy atom. The van der Waals surface area contributed by atoms with Crippen LogP contribution in [0.15, 0.2) is 24.3 Å². The van der Waals surface area contributed by atoms with Gasteiger partial charge in [-0.3, -0.25) is 4.79 Å². The van der Waals surface area contributed by atoms with E-state index in [1.807, 2.05) is 45.0 Å². The molecule has 1 aromatic rings. The van der Waals surface area contributed by atoms with Crippen molar-refractivity contribution in [1.82, 2.24) is 0 Å². The Balaban J connectivity index is 2.65. The van der Waals surface area contributed by atoms with Gasteiger partial charge in [0.2, 0.25) is 5.91 Å². The first kappa shape index (κ1) is 13.5. The smallest absolute Gasteiger partial charge is 0.234 e. The molecule has 0 bridgehead atoms. The number of carbonyl (C=O) groups excluding carboxylic acids is 1. The summed E-state index contributed by atoms with van der Waals surface area (Å²) in [6, 6.07) is 6.89. The second kappa shape index (κ2) is 5.19. The molecular formula is C13H20N2O2. The van der Waals surface area contributed by atoms with Crippen molar-refractivity contribution in [3.63, 3.8) is 0 Å². The lowest BCUT2D eigenvalue weighted by atomic mass is 10.1. The summed E-state index contributed by atoms with van der Waals surface area (Å²) >= 11 is 0. The van der Waals surface area contributed by atoms with Crippen molar-refractivity contribution in [1.29, 1.82) is 0 Å². The number of ether oxygens (including phenoxy) is 1. The van der Waals surface area contributed by atoms with Crippen LogP contribution < -0.4 is 16.2 Å². The average molecular weight is 236 g/mol. The van der Waals surface area contributed by atoms with E-state index in [2.05, 4.69) is 0 Å². The molecule has 17 heavy (non-hydrogen) atoms. The summed E-state index contributed by atoms with van der Waals surface area (Å²) in [5, 5.41) is 0. The third-order valence-electron chi connectivity index (χ3n) is 2.17. The van der Waals surface area contributed by atoms with E-state index in [4.69, 9.17) is 16.2 Å². The molecule has 0 radical (unpaired) electrons. The first-order valence-corrected chi connectivity index (χ1v) is 5.61. The summed E-state index contributed by atoms with van der Waals surface area (Å²) in [6.07, 6.45) is 0.450. The first-order valence-electron chi connectivity index (χ1n) is 5.61. The fraction of sp³-hybridized carbons (Fsp3) is 0.462. The number of nitrogens with two attached hydrogens (primary N) is 2. The molecule has 1 amide bonds. The van der Waals surface area contributed by atoms with Crippen LogP contribution in [0.25, 0.3) is 0 Å². The lowest BCUT2D eigenvalue weighted by Crippen LogP contribution is -2.38. The minimum Gasteiger partial charge on any atom is -0.488 e. The van der Waals surface area contributed by atoms with Crippen LogP contribution in [0.3, 0.4) is 0 Å². The van der Waals surface area contributed by atoms with Crippen LogP contribution in [0, 0.1) is 0 Å². The summed E-state index contributed by atoms with van der Waals surface area (Å²) < 4.78 is 5.69. The summed E-state index contributed by atoms with van der Waals surface area (Å²) in [5.41, 5.74) is 11.4. The molecule has 0 aliphatic heterocycles. The Kier molecular flexibility index (Phi) is 4.12. The molecule has 0 aromatic heterocycles. The molecule has 0 aliphatic rings. The zero-order valence-electron chi connectivity index (χ0n) is 10.6. The van der Waals surface area contributed by atoms with E-state index in [0.29, 0.717) is 6.42 Å². The first-order chi connectivity index (χ1) is 7.78. The maximum atomic E-state index is 10.8.